The monoisotopic (exact) mass is 420 g/mol. The zero-order valence-electron chi connectivity index (χ0n) is 8.76. The van der Waals surface area contributed by atoms with Crippen LogP contribution in [0.4, 0.5) is 0 Å². The van der Waals surface area contributed by atoms with Gasteiger partial charge in [-0.2, -0.15) is 0 Å². The number of aromatic nitrogens is 1. The molecular formula is C12H12Cl2HfN. The number of nitrogens with one attached hydrogen (secondary N) is 1. The third-order valence-electron chi connectivity index (χ3n) is 2.83. The van der Waals surface area contributed by atoms with Crippen LogP contribution in [0.1, 0.15) is 24.1 Å². The number of fused-ring (bicyclic) bond motifs is 3. The first kappa shape index (κ1) is 12.7. The minimum absolute atomic E-state index is 0.972. The van der Waals surface area contributed by atoms with E-state index in [0.717, 1.165) is 0 Å². The van der Waals surface area contributed by atoms with Gasteiger partial charge in [0.1, 0.15) is 0 Å². The molecule has 1 aromatic carbocycles. The van der Waals surface area contributed by atoms with E-state index in [0.29, 0.717) is 0 Å². The van der Waals surface area contributed by atoms with Crippen molar-refractivity contribution in [1.82, 2.24) is 4.98 Å². The molecular weight excluding hydrogens is 408 g/mol. The molecule has 1 radical (unpaired) electrons. The number of halogens is 2. The average molecular weight is 420 g/mol. The van der Waals surface area contributed by atoms with Crippen molar-refractivity contribution in [2.45, 2.75) is 19.3 Å². The van der Waals surface area contributed by atoms with Gasteiger partial charge in [-0.25, -0.2) is 0 Å². The van der Waals surface area contributed by atoms with Gasteiger partial charge in [-0.3, -0.25) is 0 Å². The number of aromatic amines is 1. The molecule has 16 heavy (non-hydrogen) atoms. The van der Waals surface area contributed by atoms with Gasteiger partial charge >= 0.3 is 37.7 Å². The van der Waals surface area contributed by atoms with Crippen LogP contribution in [-0.2, 0) is 27.0 Å². The van der Waals surface area contributed by atoms with Crippen LogP contribution in [0.5, 0.6) is 0 Å². The predicted octanol–water partition coefficient (Wildman–Crippen LogP) is 4.43. The third kappa shape index (κ3) is 2.72. The average Bonchev–Trinajstić information content (AvgIpc) is 2.68. The van der Waals surface area contributed by atoms with Crippen LogP contribution in [0.15, 0.2) is 24.3 Å². The summed E-state index contributed by atoms with van der Waals surface area (Å²) in [4.78, 5) is 3.46. The zero-order chi connectivity index (χ0) is 11.4. The molecule has 0 saturated heterocycles. The summed E-state index contributed by atoms with van der Waals surface area (Å²) >= 11 is -0.972. The second-order valence-corrected chi connectivity index (χ2v) is 8.92. The van der Waals surface area contributed by atoms with Crippen LogP contribution in [-0.4, -0.2) is 4.98 Å². The van der Waals surface area contributed by atoms with Gasteiger partial charge in [0.2, 0.25) is 0 Å². The molecule has 2 aromatic rings. The molecule has 0 unspecified atom stereocenters. The molecule has 1 heterocycles. The number of rotatable bonds is 0. The van der Waals surface area contributed by atoms with Gasteiger partial charge in [-0.05, 0) is 30.9 Å². The van der Waals surface area contributed by atoms with Crippen LogP contribution in [0.3, 0.4) is 0 Å². The van der Waals surface area contributed by atoms with E-state index >= 15 is 0 Å². The summed E-state index contributed by atoms with van der Waals surface area (Å²) < 4.78 is 0. The molecule has 1 nitrogen and oxygen atoms in total. The first-order valence-corrected chi connectivity index (χ1v) is 14.2. The van der Waals surface area contributed by atoms with Crippen molar-refractivity contribution < 1.29 is 20.5 Å². The molecule has 0 atom stereocenters. The van der Waals surface area contributed by atoms with Crippen LogP contribution in [0, 0.1) is 6.42 Å². The summed E-state index contributed by atoms with van der Waals surface area (Å²) in [5.74, 6) is 0. The quantitative estimate of drug-likeness (QED) is 0.608. The van der Waals surface area contributed by atoms with Crippen LogP contribution >= 0.6 is 17.2 Å². The van der Waals surface area contributed by atoms with Crippen molar-refractivity contribution in [3.05, 3.63) is 41.9 Å². The molecule has 0 aliphatic heterocycles. The molecule has 1 aliphatic carbocycles. The summed E-state index contributed by atoms with van der Waals surface area (Å²) in [7, 11) is 9.92. The van der Waals surface area contributed by atoms with Crippen molar-refractivity contribution in [2.24, 2.45) is 0 Å². The first-order chi connectivity index (χ1) is 7.86. The van der Waals surface area contributed by atoms with Crippen molar-refractivity contribution in [3.8, 4) is 0 Å². The predicted molar refractivity (Wildman–Crippen MR) is 66.3 cm³/mol. The van der Waals surface area contributed by atoms with Crippen LogP contribution < -0.4 is 0 Å². The molecule has 0 bridgehead atoms. The van der Waals surface area contributed by atoms with Gasteiger partial charge in [0.25, 0.3) is 0 Å². The Bertz CT molecular complexity index is 467. The Morgan fingerprint density at radius 3 is 2.75 bits per heavy atom. The van der Waals surface area contributed by atoms with Gasteiger partial charge in [-0.15, -0.1) is 0 Å². The van der Waals surface area contributed by atoms with E-state index in [1.165, 1.54) is 41.4 Å². The summed E-state index contributed by atoms with van der Waals surface area (Å²) in [5, 5.41) is 1.41. The molecule has 83 valence electrons. The molecule has 1 aromatic heterocycles. The second kappa shape index (κ2) is 6.23. The molecule has 4 heteroatoms. The zero-order valence-corrected chi connectivity index (χ0v) is 13.9. The Morgan fingerprint density at radius 2 is 1.94 bits per heavy atom. The number of para-hydroxylation sites is 1. The maximum atomic E-state index is 4.96. The Morgan fingerprint density at radius 1 is 1.19 bits per heavy atom. The second-order valence-electron chi connectivity index (χ2n) is 3.73. The van der Waals surface area contributed by atoms with E-state index in [9.17, 15) is 0 Å². The van der Waals surface area contributed by atoms with Crippen molar-refractivity contribution >= 4 is 28.1 Å². The van der Waals surface area contributed by atoms with Gasteiger partial charge in [-0.1, -0.05) is 18.2 Å². The minimum atomic E-state index is -0.972. The Labute approximate surface area is 114 Å². The van der Waals surface area contributed by atoms with Crippen LogP contribution in [0.2, 0.25) is 0 Å². The summed E-state index contributed by atoms with van der Waals surface area (Å²) in [6, 6.07) is 8.57. The van der Waals surface area contributed by atoms with E-state index in [2.05, 4.69) is 35.7 Å². The molecule has 1 N–H and O–H groups in total. The molecule has 0 fully saturated rings. The normalized spacial score (nSPS) is 13.9. The fourth-order valence-corrected chi connectivity index (χ4v) is 2.19. The number of hydrogen-bond donors (Lipinski definition) is 1. The third-order valence-corrected chi connectivity index (χ3v) is 2.83. The fraction of sp³-hybridized carbons (Fsp3) is 0.250. The number of H-pyrrole nitrogens is 1. The molecule has 1 aliphatic rings. The maximum absolute atomic E-state index is 4.96. The molecule has 0 saturated carbocycles. The topological polar surface area (TPSA) is 15.8 Å². The Balaban J connectivity index is 0.000000292. The van der Waals surface area contributed by atoms with E-state index in [-0.39, 0.29) is 0 Å². The van der Waals surface area contributed by atoms with Crippen LogP contribution in [0.25, 0.3) is 10.9 Å². The van der Waals surface area contributed by atoms with Crippen molar-refractivity contribution in [2.75, 3.05) is 0 Å². The number of aryl methyl sites for hydroxylation is 1. The van der Waals surface area contributed by atoms with E-state index in [4.69, 9.17) is 17.2 Å². The van der Waals surface area contributed by atoms with Crippen molar-refractivity contribution in [3.63, 3.8) is 0 Å². The summed E-state index contributed by atoms with van der Waals surface area (Å²) in [6.45, 7) is 0. The fourth-order valence-electron chi connectivity index (χ4n) is 2.19. The van der Waals surface area contributed by atoms with E-state index in [1.54, 1.807) is 0 Å². The molecule has 0 spiro atoms. The van der Waals surface area contributed by atoms with Gasteiger partial charge in [0.05, 0.1) is 0 Å². The Hall–Kier alpha value is 0.210. The number of benzene rings is 1. The van der Waals surface area contributed by atoms with Gasteiger partial charge < -0.3 is 4.98 Å². The molecule has 0 amide bonds. The summed E-state index contributed by atoms with van der Waals surface area (Å²) in [5.41, 5.74) is 4.15. The first-order valence-electron chi connectivity index (χ1n) is 5.26. The number of hydrogen-bond acceptors (Lipinski definition) is 0. The van der Waals surface area contributed by atoms with Crippen molar-refractivity contribution in [1.29, 1.82) is 0 Å². The molecule has 3 rings (SSSR count). The Kier molecular flexibility index (Phi) is 4.93. The van der Waals surface area contributed by atoms with Gasteiger partial charge in [0.15, 0.2) is 0 Å². The summed E-state index contributed by atoms with van der Waals surface area (Å²) in [6.07, 6.45) is 6.07. The van der Waals surface area contributed by atoms with E-state index < -0.39 is 20.5 Å². The van der Waals surface area contributed by atoms with E-state index in [1.807, 2.05) is 0 Å². The van der Waals surface area contributed by atoms with Gasteiger partial charge in [0, 0.05) is 23.0 Å². The SMILES string of the molecule is [CH]1CCCc2c1[nH]c1ccccc21.[Cl][Hf][Cl]. The standard InChI is InChI=1S/C12H12N.2ClH.Hf/c1-3-7-11-9(5-1)10-6-2-4-8-12(10)13-11;;;/h1,3,5,7-8,13H,2,4,6H2;2*1H;/q;;;+2/p-2.